The number of ether oxygens (including phenoxy) is 2. The van der Waals surface area contributed by atoms with Gasteiger partial charge in [-0.15, -0.1) is 0 Å². The van der Waals surface area contributed by atoms with Crippen LogP contribution in [0.3, 0.4) is 0 Å². The van der Waals surface area contributed by atoms with Gasteiger partial charge in [-0.2, -0.15) is 0 Å². The molecule has 0 unspecified atom stereocenters. The minimum absolute atomic E-state index is 0.153. The number of rotatable bonds is 4. The van der Waals surface area contributed by atoms with Crippen molar-refractivity contribution in [1.29, 1.82) is 0 Å². The van der Waals surface area contributed by atoms with Crippen molar-refractivity contribution in [2.24, 2.45) is 0 Å². The maximum absolute atomic E-state index is 12.0. The summed E-state index contributed by atoms with van der Waals surface area (Å²) < 4.78 is 11.2. The lowest BCUT2D eigenvalue weighted by Gasteiger charge is -2.35. The topological polar surface area (TPSA) is 67.3 Å². The zero-order valence-corrected chi connectivity index (χ0v) is 15.2. The quantitative estimate of drug-likeness (QED) is 0.582. The summed E-state index contributed by atoms with van der Waals surface area (Å²) in [4.78, 5) is 15.5. The third-order valence-electron chi connectivity index (χ3n) is 4.51. The average molecular weight is 365 g/mol. The van der Waals surface area contributed by atoms with Crippen LogP contribution >= 0.6 is 12.2 Å². The fourth-order valence-corrected chi connectivity index (χ4v) is 3.35. The van der Waals surface area contributed by atoms with Gasteiger partial charge in [-0.05, 0) is 24.4 Å². The van der Waals surface area contributed by atoms with Gasteiger partial charge in [0, 0.05) is 7.05 Å². The predicted octanol–water partition coefficient (Wildman–Crippen LogP) is -1.21. The Morgan fingerprint density at radius 1 is 1.36 bits per heavy atom. The molecular formula is C17H25N4O3S+. The van der Waals surface area contributed by atoms with Gasteiger partial charge in [0.1, 0.15) is 18.8 Å². The van der Waals surface area contributed by atoms with E-state index in [-0.39, 0.29) is 5.91 Å². The highest BCUT2D eigenvalue weighted by Gasteiger charge is 2.31. The van der Waals surface area contributed by atoms with Gasteiger partial charge >= 0.3 is 0 Å². The summed E-state index contributed by atoms with van der Waals surface area (Å²) in [6.45, 7) is 5.90. The number of hydrogen-bond acceptors (Lipinski definition) is 4. The van der Waals surface area contributed by atoms with Gasteiger partial charge in [0.05, 0.1) is 38.5 Å². The molecule has 1 amide bonds. The maximum atomic E-state index is 12.0. The highest BCUT2D eigenvalue weighted by atomic mass is 32.1. The monoisotopic (exact) mass is 365 g/mol. The lowest BCUT2D eigenvalue weighted by Crippen LogP contribution is -3.14. The molecule has 7 nitrogen and oxygen atoms in total. The van der Waals surface area contributed by atoms with E-state index >= 15 is 0 Å². The molecule has 2 heterocycles. The summed E-state index contributed by atoms with van der Waals surface area (Å²) in [6, 6.07) is 7.64. The van der Waals surface area contributed by atoms with Crippen LogP contribution in [-0.4, -0.2) is 70.1 Å². The minimum Gasteiger partial charge on any atom is -0.477 e. The van der Waals surface area contributed by atoms with Gasteiger partial charge in [0.2, 0.25) is 0 Å². The van der Waals surface area contributed by atoms with E-state index in [1.54, 1.807) is 7.05 Å². The van der Waals surface area contributed by atoms with Crippen molar-refractivity contribution in [2.45, 2.75) is 6.10 Å². The molecule has 3 N–H and O–H groups in total. The number of quaternary nitrogens is 1. The summed E-state index contributed by atoms with van der Waals surface area (Å²) in [5.74, 6) is 0.519. The predicted molar refractivity (Wildman–Crippen MR) is 99.3 cm³/mol. The lowest BCUT2D eigenvalue weighted by atomic mass is 10.2. The van der Waals surface area contributed by atoms with E-state index in [1.165, 1.54) is 4.90 Å². The number of anilines is 1. The van der Waals surface area contributed by atoms with Crippen molar-refractivity contribution in [1.82, 2.24) is 10.6 Å². The highest BCUT2D eigenvalue weighted by molar-refractivity contribution is 7.80. The number of carbonyl (C=O) groups is 1. The molecule has 2 aliphatic rings. The molecular weight excluding hydrogens is 340 g/mol. The number of nitrogens with zero attached hydrogens (tertiary/aromatic N) is 1. The number of benzene rings is 1. The van der Waals surface area contributed by atoms with Crippen LogP contribution in [0.2, 0.25) is 0 Å². The molecule has 0 radical (unpaired) electrons. The van der Waals surface area contributed by atoms with Gasteiger partial charge < -0.3 is 29.9 Å². The van der Waals surface area contributed by atoms with Crippen LogP contribution in [0, 0.1) is 0 Å². The van der Waals surface area contributed by atoms with E-state index in [2.05, 4.69) is 10.6 Å². The first-order valence-electron chi connectivity index (χ1n) is 8.63. The van der Waals surface area contributed by atoms with Crippen molar-refractivity contribution in [2.75, 3.05) is 57.9 Å². The van der Waals surface area contributed by atoms with Gasteiger partial charge in [0.25, 0.3) is 5.91 Å². The summed E-state index contributed by atoms with van der Waals surface area (Å²) in [5.41, 5.74) is 0.888. The van der Waals surface area contributed by atoms with Gasteiger partial charge in [0.15, 0.2) is 11.2 Å². The Kier molecular flexibility index (Phi) is 6.06. The van der Waals surface area contributed by atoms with Crippen molar-refractivity contribution in [3.8, 4) is 5.75 Å². The van der Waals surface area contributed by atoms with E-state index in [1.807, 2.05) is 29.2 Å². The first-order chi connectivity index (χ1) is 12.2. The normalized spacial score (nSPS) is 20.4. The minimum atomic E-state index is -0.579. The molecule has 1 saturated heterocycles. The molecule has 0 spiro atoms. The molecule has 1 fully saturated rings. The van der Waals surface area contributed by atoms with Crippen molar-refractivity contribution in [3.63, 3.8) is 0 Å². The Morgan fingerprint density at radius 2 is 2.12 bits per heavy atom. The summed E-state index contributed by atoms with van der Waals surface area (Å²) >= 11 is 5.59. The van der Waals surface area contributed by atoms with Crippen LogP contribution in [-0.2, 0) is 9.53 Å². The molecule has 1 aromatic carbocycles. The smallest absolute Gasteiger partial charge is 0.262 e. The fraction of sp³-hybridized carbons (Fsp3) is 0.529. The molecule has 0 bridgehead atoms. The van der Waals surface area contributed by atoms with Gasteiger partial charge in [-0.1, -0.05) is 12.1 Å². The van der Waals surface area contributed by atoms with E-state index in [0.717, 1.165) is 45.1 Å². The second kappa shape index (κ2) is 8.46. The zero-order chi connectivity index (χ0) is 17.6. The van der Waals surface area contributed by atoms with Crippen LogP contribution in [0.1, 0.15) is 0 Å². The Hall–Kier alpha value is -1.90. The number of nitrogens with one attached hydrogen (secondary N) is 3. The second-order valence-corrected chi connectivity index (χ2v) is 6.53. The summed E-state index contributed by atoms with van der Waals surface area (Å²) in [5, 5.41) is 6.59. The first kappa shape index (κ1) is 17.9. The van der Waals surface area contributed by atoms with Crippen molar-refractivity contribution in [3.05, 3.63) is 24.3 Å². The third-order valence-corrected chi connectivity index (χ3v) is 4.88. The van der Waals surface area contributed by atoms with Crippen LogP contribution < -0.4 is 25.2 Å². The number of likely N-dealkylation sites (N-methyl/N-ethyl adjacent to an activating group) is 1. The molecule has 1 aromatic rings. The number of carbonyl (C=O) groups excluding carboxylic acids is 1. The number of fused-ring (bicyclic) bond motifs is 1. The first-order valence-corrected chi connectivity index (χ1v) is 9.04. The largest absolute Gasteiger partial charge is 0.477 e. The Morgan fingerprint density at radius 3 is 2.88 bits per heavy atom. The van der Waals surface area contributed by atoms with Gasteiger partial charge in [-0.25, -0.2) is 0 Å². The Balaban J connectivity index is 1.62. The third kappa shape index (κ3) is 4.39. The zero-order valence-electron chi connectivity index (χ0n) is 14.4. The molecule has 3 rings (SSSR count). The molecule has 136 valence electrons. The van der Waals surface area contributed by atoms with E-state index in [0.29, 0.717) is 17.4 Å². The lowest BCUT2D eigenvalue weighted by molar-refractivity contribution is -0.906. The number of thiocarbonyl (C=S) groups is 1. The van der Waals surface area contributed by atoms with Crippen molar-refractivity contribution < 1.29 is 19.2 Å². The number of amides is 1. The van der Waals surface area contributed by atoms with Crippen molar-refractivity contribution >= 4 is 28.9 Å². The molecule has 0 aliphatic carbocycles. The molecule has 2 aliphatic heterocycles. The number of para-hydroxylation sites is 2. The fourth-order valence-electron chi connectivity index (χ4n) is 3.08. The van der Waals surface area contributed by atoms with Crippen LogP contribution in [0.25, 0.3) is 0 Å². The average Bonchev–Trinajstić information content (AvgIpc) is 2.67. The van der Waals surface area contributed by atoms with E-state index < -0.39 is 6.10 Å². The Bertz CT molecular complexity index is 622. The summed E-state index contributed by atoms with van der Waals surface area (Å²) in [7, 11) is 1.61. The molecule has 0 aromatic heterocycles. The standard InChI is InChI=1S/C17H24N4O3S/c1-18-16(22)15-12-21(13-4-2-3-5-14(13)24-15)17(25)19-6-7-20-8-10-23-11-9-20/h2-5,15H,6-12H2,1H3,(H,18,22)(H,19,25)/p+1/t15-/m1/s1. The molecule has 0 saturated carbocycles. The molecule has 8 heteroatoms. The summed E-state index contributed by atoms with van der Waals surface area (Å²) in [6.07, 6.45) is -0.579. The van der Waals surface area contributed by atoms with Crippen LogP contribution in [0.15, 0.2) is 24.3 Å². The number of hydrogen-bond donors (Lipinski definition) is 3. The highest BCUT2D eigenvalue weighted by Crippen LogP contribution is 2.33. The molecule has 25 heavy (non-hydrogen) atoms. The van der Waals surface area contributed by atoms with Crippen LogP contribution in [0.4, 0.5) is 5.69 Å². The molecule has 1 atom stereocenters. The maximum Gasteiger partial charge on any atom is 0.262 e. The van der Waals surface area contributed by atoms with Crippen LogP contribution in [0.5, 0.6) is 5.75 Å². The van der Waals surface area contributed by atoms with E-state index in [4.69, 9.17) is 21.7 Å². The van der Waals surface area contributed by atoms with Gasteiger partial charge in [-0.3, -0.25) is 4.79 Å². The Labute approximate surface area is 153 Å². The number of morpholine rings is 1. The second-order valence-electron chi connectivity index (χ2n) is 6.14. The van der Waals surface area contributed by atoms with E-state index in [9.17, 15) is 4.79 Å². The SMILES string of the molecule is CNC(=O)[C@H]1CN(C(=S)NCC[NH+]2CCOCC2)c2ccccc2O1.